The summed E-state index contributed by atoms with van der Waals surface area (Å²) in [4.78, 5) is 12.0. The smallest absolute Gasteiger partial charge is 0.224 e. The number of anilines is 2. The van der Waals surface area contributed by atoms with E-state index in [-0.39, 0.29) is 5.91 Å². The lowest BCUT2D eigenvalue weighted by molar-refractivity contribution is -0.116. The lowest BCUT2D eigenvalue weighted by Crippen LogP contribution is -2.15. The largest absolute Gasteiger partial charge is 0.398 e. The third-order valence-electron chi connectivity index (χ3n) is 4.15. The molecule has 1 aromatic rings. The number of hydrogen-bond donors (Lipinski definition) is 2. The number of hydrogen-bond acceptors (Lipinski definition) is 2. The normalized spacial score (nSPS) is 16.3. The molecule has 0 saturated heterocycles. The monoisotopic (exact) mass is 260 g/mol. The van der Waals surface area contributed by atoms with Crippen molar-refractivity contribution in [1.82, 2.24) is 0 Å². The van der Waals surface area contributed by atoms with Gasteiger partial charge in [-0.3, -0.25) is 4.79 Å². The summed E-state index contributed by atoms with van der Waals surface area (Å²) < 4.78 is 0. The summed E-state index contributed by atoms with van der Waals surface area (Å²) in [7, 11) is 0. The van der Waals surface area contributed by atoms with Crippen molar-refractivity contribution in [3.05, 3.63) is 23.8 Å². The molecule has 1 aliphatic carbocycles. The third kappa shape index (κ3) is 3.98. The van der Waals surface area contributed by atoms with Crippen molar-refractivity contribution in [3.8, 4) is 0 Å². The Morgan fingerprint density at radius 2 is 2.05 bits per heavy atom. The highest BCUT2D eigenvalue weighted by molar-refractivity contribution is 5.92. The molecule has 3 heteroatoms. The van der Waals surface area contributed by atoms with Crippen molar-refractivity contribution in [1.29, 1.82) is 0 Å². The summed E-state index contributed by atoms with van der Waals surface area (Å²) in [5.74, 6) is 0.862. The Morgan fingerprint density at radius 3 is 2.79 bits per heavy atom. The molecule has 2 rings (SSSR count). The fourth-order valence-corrected chi connectivity index (χ4v) is 2.81. The van der Waals surface area contributed by atoms with Gasteiger partial charge < -0.3 is 11.1 Å². The maximum Gasteiger partial charge on any atom is 0.224 e. The molecule has 1 aromatic carbocycles. The van der Waals surface area contributed by atoms with Gasteiger partial charge in [0.25, 0.3) is 0 Å². The number of benzene rings is 1. The highest BCUT2D eigenvalue weighted by Crippen LogP contribution is 2.27. The van der Waals surface area contributed by atoms with Gasteiger partial charge in [-0.2, -0.15) is 0 Å². The minimum absolute atomic E-state index is 0.110. The average molecular weight is 260 g/mol. The molecule has 0 bridgehead atoms. The van der Waals surface area contributed by atoms with Gasteiger partial charge in [0.15, 0.2) is 0 Å². The highest BCUT2D eigenvalue weighted by atomic mass is 16.1. The second-order valence-corrected chi connectivity index (χ2v) is 5.61. The first kappa shape index (κ1) is 13.9. The third-order valence-corrected chi connectivity index (χ3v) is 4.15. The summed E-state index contributed by atoms with van der Waals surface area (Å²) >= 11 is 0. The first-order chi connectivity index (χ1) is 9.16. The van der Waals surface area contributed by atoms with E-state index >= 15 is 0 Å². The maximum absolute atomic E-state index is 12.0. The van der Waals surface area contributed by atoms with E-state index in [0.29, 0.717) is 6.42 Å². The Balaban J connectivity index is 1.82. The highest BCUT2D eigenvalue weighted by Gasteiger charge is 2.15. The Labute approximate surface area is 115 Å². The van der Waals surface area contributed by atoms with E-state index in [1.165, 1.54) is 32.1 Å². The number of nitrogens with two attached hydrogens (primary N) is 1. The van der Waals surface area contributed by atoms with Gasteiger partial charge >= 0.3 is 0 Å². The number of carbonyl (C=O) groups is 1. The predicted molar refractivity (Wildman–Crippen MR) is 80.0 cm³/mol. The van der Waals surface area contributed by atoms with Crippen LogP contribution in [0.25, 0.3) is 0 Å². The van der Waals surface area contributed by atoms with Crippen molar-refractivity contribution in [2.45, 2.75) is 51.9 Å². The molecule has 0 aliphatic heterocycles. The summed E-state index contributed by atoms with van der Waals surface area (Å²) in [5.41, 5.74) is 8.36. The van der Waals surface area contributed by atoms with E-state index in [1.54, 1.807) is 0 Å². The standard InChI is InChI=1S/C16H24N2O/c1-12-14(17)8-5-9-15(12)18-16(19)11-10-13-6-3-2-4-7-13/h5,8-9,13H,2-4,6-7,10-11,17H2,1H3,(H,18,19). The summed E-state index contributed by atoms with van der Waals surface area (Å²) in [6.07, 6.45) is 8.27. The van der Waals surface area contributed by atoms with Gasteiger partial charge in [0.1, 0.15) is 0 Å². The lowest BCUT2D eigenvalue weighted by Gasteiger charge is -2.21. The van der Waals surface area contributed by atoms with Crippen LogP contribution in [0.2, 0.25) is 0 Å². The molecular weight excluding hydrogens is 236 g/mol. The minimum atomic E-state index is 0.110. The molecule has 19 heavy (non-hydrogen) atoms. The van der Waals surface area contributed by atoms with Crippen LogP contribution in [0.3, 0.4) is 0 Å². The molecule has 0 atom stereocenters. The molecule has 1 saturated carbocycles. The first-order valence-corrected chi connectivity index (χ1v) is 7.32. The van der Waals surface area contributed by atoms with E-state index in [1.807, 2.05) is 25.1 Å². The number of rotatable bonds is 4. The Kier molecular flexibility index (Phi) is 4.83. The van der Waals surface area contributed by atoms with Crippen molar-refractivity contribution in [2.24, 2.45) is 5.92 Å². The number of nitrogens with one attached hydrogen (secondary N) is 1. The molecule has 0 heterocycles. The molecule has 0 radical (unpaired) electrons. The Bertz CT molecular complexity index is 436. The number of amides is 1. The van der Waals surface area contributed by atoms with E-state index < -0.39 is 0 Å². The van der Waals surface area contributed by atoms with Crippen molar-refractivity contribution in [3.63, 3.8) is 0 Å². The summed E-state index contributed by atoms with van der Waals surface area (Å²) in [5, 5.41) is 2.97. The van der Waals surface area contributed by atoms with Crippen LogP contribution in [0.5, 0.6) is 0 Å². The number of nitrogen functional groups attached to an aromatic ring is 1. The SMILES string of the molecule is Cc1c(N)cccc1NC(=O)CCC1CCCCC1. The van der Waals surface area contributed by atoms with Gasteiger partial charge in [-0.15, -0.1) is 0 Å². The molecule has 3 nitrogen and oxygen atoms in total. The van der Waals surface area contributed by atoms with Crippen molar-refractivity contribution < 1.29 is 4.79 Å². The van der Waals surface area contributed by atoms with E-state index in [2.05, 4.69) is 5.32 Å². The Morgan fingerprint density at radius 1 is 1.32 bits per heavy atom. The molecule has 3 N–H and O–H groups in total. The van der Waals surface area contributed by atoms with Gasteiger partial charge in [0, 0.05) is 17.8 Å². The van der Waals surface area contributed by atoms with Crippen molar-refractivity contribution in [2.75, 3.05) is 11.1 Å². The maximum atomic E-state index is 12.0. The summed E-state index contributed by atoms with van der Waals surface area (Å²) in [6.45, 7) is 1.94. The summed E-state index contributed by atoms with van der Waals surface area (Å²) in [6, 6.07) is 5.64. The molecule has 1 fully saturated rings. The van der Waals surface area contributed by atoms with E-state index in [9.17, 15) is 4.79 Å². The molecule has 0 spiro atoms. The van der Waals surface area contributed by atoms with Gasteiger partial charge in [-0.1, -0.05) is 38.2 Å². The van der Waals surface area contributed by atoms with Gasteiger partial charge in [-0.05, 0) is 37.0 Å². The van der Waals surface area contributed by atoms with Crippen LogP contribution < -0.4 is 11.1 Å². The second kappa shape index (κ2) is 6.60. The van der Waals surface area contributed by atoms with E-state index in [0.717, 1.165) is 29.3 Å². The molecule has 0 unspecified atom stereocenters. The zero-order valence-electron chi connectivity index (χ0n) is 11.7. The van der Waals surface area contributed by atoms with Gasteiger partial charge in [0.05, 0.1) is 0 Å². The van der Waals surface area contributed by atoms with Crippen LogP contribution in [0.4, 0.5) is 11.4 Å². The van der Waals surface area contributed by atoms with Crippen molar-refractivity contribution >= 4 is 17.3 Å². The van der Waals surface area contributed by atoms with Crippen LogP contribution in [0.15, 0.2) is 18.2 Å². The van der Waals surface area contributed by atoms with Gasteiger partial charge in [0.2, 0.25) is 5.91 Å². The topological polar surface area (TPSA) is 55.1 Å². The fraction of sp³-hybridized carbons (Fsp3) is 0.562. The zero-order valence-corrected chi connectivity index (χ0v) is 11.7. The minimum Gasteiger partial charge on any atom is -0.398 e. The lowest BCUT2D eigenvalue weighted by atomic mass is 9.86. The Hall–Kier alpha value is -1.51. The average Bonchev–Trinajstić information content (AvgIpc) is 2.43. The van der Waals surface area contributed by atoms with E-state index in [4.69, 9.17) is 5.73 Å². The molecule has 0 aromatic heterocycles. The van der Waals surface area contributed by atoms with Crippen LogP contribution >= 0.6 is 0 Å². The second-order valence-electron chi connectivity index (χ2n) is 5.61. The molecular formula is C16H24N2O. The first-order valence-electron chi connectivity index (χ1n) is 7.32. The fourth-order valence-electron chi connectivity index (χ4n) is 2.81. The molecule has 104 valence electrons. The molecule has 1 amide bonds. The van der Waals surface area contributed by atoms with Gasteiger partial charge in [-0.25, -0.2) is 0 Å². The zero-order chi connectivity index (χ0) is 13.7. The van der Waals surface area contributed by atoms with Crippen LogP contribution in [0.1, 0.15) is 50.5 Å². The van der Waals surface area contributed by atoms with Crippen LogP contribution in [-0.4, -0.2) is 5.91 Å². The predicted octanol–water partition coefficient (Wildman–Crippen LogP) is 3.88. The quantitative estimate of drug-likeness (QED) is 0.807. The number of carbonyl (C=O) groups excluding carboxylic acids is 1. The van der Waals surface area contributed by atoms with Crippen LogP contribution in [-0.2, 0) is 4.79 Å². The molecule has 1 aliphatic rings. The van der Waals surface area contributed by atoms with Crippen LogP contribution in [0, 0.1) is 12.8 Å².